The molecule has 0 amide bonds. The van der Waals surface area contributed by atoms with E-state index in [4.69, 9.17) is 9.47 Å². The van der Waals surface area contributed by atoms with Gasteiger partial charge in [-0.15, -0.1) is 0 Å². The third-order valence-corrected chi connectivity index (χ3v) is 5.15. The minimum Gasteiger partial charge on any atom is -0.494 e. The van der Waals surface area contributed by atoms with Crippen LogP contribution in [0.5, 0.6) is 11.6 Å². The molecule has 0 aliphatic rings. The van der Waals surface area contributed by atoms with Crippen molar-refractivity contribution in [2.24, 2.45) is 0 Å². The topological polar surface area (TPSA) is 102 Å². The highest BCUT2D eigenvalue weighted by Crippen LogP contribution is 2.23. The highest BCUT2D eigenvalue weighted by molar-refractivity contribution is 7.09. The van der Waals surface area contributed by atoms with Gasteiger partial charge in [0.1, 0.15) is 12.4 Å². The molecule has 1 aromatic carbocycles. The molecule has 0 spiro atoms. The van der Waals surface area contributed by atoms with Crippen molar-refractivity contribution in [2.75, 3.05) is 6.61 Å². The summed E-state index contributed by atoms with van der Waals surface area (Å²) in [5.74, 6) is 0.140. The molecule has 0 unspecified atom stereocenters. The van der Waals surface area contributed by atoms with Crippen molar-refractivity contribution in [1.82, 2.24) is 9.97 Å². The zero-order chi connectivity index (χ0) is 20.8. The first-order chi connectivity index (χ1) is 13.9. The fourth-order valence-corrected chi connectivity index (χ4v) is 3.52. The molecule has 0 aliphatic heterocycles. The van der Waals surface area contributed by atoms with Gasteiger partial charge in [0.25, 0.3) is 0 Å². The predicted molar refractivity (Wildman–Crippen MR) is 109 cm³/mol. The molecule has 0 radical (unpaired) electrons. The lowest BCUT2D eigenvalue weighted by Crippen LogP contribution is -2.17. The van der Waals surface area contributed by atoms with Gasteiger partial charge in [-0.25, -0.2) is 0 Å². The van der Waals surface area contributed by atoms with Gasteiger partial charge >= 0.3 is 10.8 Å². The number of hydrogen-bond acceptors (Lipinski definition) is 7. The van der Waals surface area contributed by atoms with Crippen molar-refractivity contribution < 1.29 is 19.4 Å². The largest absolute Gasteiger partial charge is 0.494 e. The lowest BCUT2D eigenvalue weighted by Gasteiger charge is -2.18. The molecule has 0 saturated carbocycles. The van der Waals surface area contributed by atoms with E-state index in [1.807, 2.05) is 31.2 Å². The van der Waals surface area contributed by atoms with Gasteiger partial charge in [0.05, 0.1) is 4.88 Å². The van der Waals surface area contributed by atoms with Gasteiger partial charge in [-0.3, -0.25) is 19.6 Å². The lowest BCUT2D eigenvalue weighted by atomic mass is 10.1. The van der Waals surface area contributed by atoms with Crippen LogP contribution in [0, 0.1) is 0 Å². The van der Waals surface area contributed by atoms with Crippen molar-refractivity contribution in [3.05, 3.63) is 74.0 Å². The molecule has 2 aromatic heterocycles. The van der Waals surface area contributed by atoms with Gasteiger partial charge < -0.3 is 14.6 Å². The minimum absolute atomic E-state index is 0.0905. The number of carbonyl (C=O) groups excluding carboxylic acids is 1. The number of aromatic nitrogens is 2. The quantitative estimate of drug-likeness (QED) is 0.548. The van der Waals surface area contributed by atoms with Gasteiger partial charge in [0, 0.05) is 30.8 Å². The van der Waals surface area contributed by atoms with Crippen LogP contribution in [-0.2, 0) is 22.4 Å². The molecule has 0 bridgehead atoms. The third kappa shape index (κ3) is 5.68. The van der Waals surface area contributed by atoms with Crippen LogP contribution in [0.3, 0.4) is 0 Å². The van der Waals surface area contributed by atoms with E-state index in [9.17, 15) is 14.7 Å². The smallest absolute Gasteiger partial charge is 0.307 e. The summed E-state index contributed by atoms with van der Waals surface area (Å²) in [7, 11) is 0. The second kappa shape index (κ2) is 9.38. The highest BCUT2D eigenvalue weighted by atomic mass is 32.1. The number of rotatable bonds is 8. The van der Waals surface area contributed by atoms with E-state index in [-0.39, 0.29) is 23.3 Å². The molecule has 0 aliphatic carbocycles. The predicted octanol–water partition coefficient (Wildman–Crippen LogP) is 3.37. The van der Waals surface area contributed by atoms with Crippen LogP contribution in [0.25, 0.3) is 0 Å². The van der Waals surface area contributed by atoms with Gasteiger partial charge in [0.15, 0.2) is 6.10 Å². The van der Waals surface area contributed by atoms with Gasteiger partial charge in [-0.2, -0.15) is 0 Å². The van der Waals surface area contributed by atoms with Crippen molar-refractivity contribution in [1.29, 1.82) is 0 Å². The molecule has 152 valence electrons. The molecule has 2 heterocycles. The summed E-state index contributed by atoms with van der Waals surface area (Å²) in [5, 5.41) is 9.69. The van der Waals surface area contributed by atoms with Crippen LogP contribution in [0.2, 0.25) is 0 Å². The van der Waals surface area contributed by atoms with E-state index in [1.54, 1.807) is 18.3 Å². The number of ether oxygens (including phenoxy) is 2. The Bertz CT molecular complexity index is 1010. The number of carbonyl (C=O) groups is 1. The van der Waals surface area contributed by atoms with E-state index in [0.29, 0.717) is 17.0 Å². The summed E-state index contributed by atoms with van der Waals surface area (Å²) in [4.78, 5) is 29.8. The average molecular weight is 414 g/mol. The number of H-pyrrole nitrogens is 1. The van der Waals surface area contributed by atoms with Crippen LogP contribution in [0.1, 0.15) is 41.6 Å². The fourth-order valence-electron chi connectivity index (χ4n) is 2.77. The second-order valence-electron chi connectivity index (χ2n) is 6.45. The Kier molecular flexibility index (Phi) is 6.66. The maximum Gasteiger partial charge on any atom is 0.307 e. The van der Waals surface area contributed by atoms with Crippen molar-refractivity contribution in [3.63, 3.8) is 0 Å². The summed E-state index contributed by atoms with van der Waals surface area (Å²) in [6, 6.07) is 11.1. The number of aromatic hydroxyl groups is 1. The number of nitrogens with one attached hydrogen (secondary N) is 1. The zero-order valence-electron chi connectivity index (χ0n) is 16.2. The minimum atomic E-state index is -0.556. The Balaban J connectivity index is 1.64. The van der Waals surface area contributed by atoms with Crippen LogP contribution in [0.4, 0.5) is 0 Å². The molecular weight excluding hydrogens is 392 g/mol. The first kappa shape index (κ1) is 20.6. The first-order valence-corrected chi connectivity index (χ1v) is 10.0. The molecule has 0 fully saturated rings. The maximum atomic E-state index is 11.5. The average Bonchev–Trinajstić information content (AvgIpc) is 3.03. The standard InChI is InChI=1S/C21H22N2O5S/c1-3-16-7-6-15(11-22-16)18(28-13(2)24)12-27-17-8-4-14(5-9-17)10-19-20(25)23-21(26)29-19/h4-9,11,18,25H,3,10,12H2,1-2H3,(H,23,26)/t18-/m1/s1. The number of esters is 1. The lowest BCUT2D eigenvalue weighted by molar-refractivity contribution is -0.148. The van der Waals surface area contributed by atoms with Crippen molar-refractivity contribution >= 4 is 17.3 Å². The third-order valence-electron chi connectivity index (χ3n) is 4.28. The number of benzene rings is 1. The molecule has 7 nitrogen and oxygen atoms in total. The monoisotopic (exact) mass is 414 g/mol. The van der Waals surface area contributed by atoms with Crippen LogP contribution in [0.15, 0.2) is 47.4 Å². The van der Waals surface area contributed by atoms with E-state index < -0.39 is 6.10 Å². The Morgan fingerprint density at radius 3 is 2.55 bits per heavy atom. The summed E-state index contributed by atoms with van der Waals surface area (Å²) >= 11 is 0.987. The summed E-state index contributed by atoms with van der Waals surface area (Å²) in [6.45, 7) is 3.54. The van der Waals surface area contributed by atoms with E-state index in [2.05, 4.69) is 9.97 Å². The molecule has 0 saturated heterocycles. The number of nitrogens with zero attached hydrogens (tertiary/aromatic N) is 1. The number of aromatic amines is 1. The van der Waals surface area contributed by atoms with Crippen LogP contribution < -0.4 is 9.61 Å². The molecule has 8 heteroatoms. The SMILES string of the molecule is CCc1ccc([C@@H](COc2ccc(Cc3sc(=O)[nH]c3O)cc2)OC(C)=O)cn1. The number of aryl methyl sites for hydroxylation is 1. The zero-order valence-corrected chi connectivity index (χ0v) is 17.0. The normalized spacial score (nSPS) is 11.8. The van der Waals surface area contributed by atoms with E-state index >= 15 is 0 Å². The van der Waals surface area contributed by atoms with E-state index in [0.717, 1.165) is 34.6 Å². The summed E-state index contributed by atoms with van der Waals surface area (Å²) in [5.41, 5.74) is 2.66. The molecule has 2 N–H and O–H groups in total. The van der Waals surface area contributed by atoms with Crippen molar-refractivity contribution in [3.8, 4) is 11.6 Å². The molecule has 29 heavy (non-hydrogen) atoms. The Hall–Kier alpha value is -3.13. The van der Waals surface area contributed by atoms with E-state index in [1.165, 1.54) is 6.92 Å². The molecule has 3 aromatic rings. The molecule has 3 rings (SSSR count). The number of hydrogen-bond donors (Lipinski definition) is 2. The number of thiazole rings is 1. The van der Waals surface area contributed by atoms with Crippen LogP contribution in [-0.4, -0.2) is 27.7 Å². The first-order valence-electron chi connectivity index (χ1n) is 9.19. The summed E-state index contributed by atoms with van der Waals surface area (Å²) < 4.78 is 11.2. The van der Waals surface area contributed by atoms with Gasteiger partial charge in [-0.1, -0.05) is 36.5 Å². The fraction of sp³-hybridized carbons (Fsp3) is 0.286. The maximum absolute atomic E-state index is 11.5. The van der Waals surface area contributed by atoms with Crippen molar-refractivity contribution in [2.45, 2.75) is 32.8 Å². The summed E-state index contributed by atoms with van der Waals surface area (Å²) in [6.07, 6.45) is 2.42. The Labute approximate surface area is 172 Å². The number of pyridine rings is 1. The van der Waals surface area contributed by atoms with Crippen LogP contribution >= 0.6 is 11.3 Å². The van der Waals surface area contributed by atoms with Gasteiger partial charge in [0.2, 0.25) is 5.88 Å². The van der Waals surface area contributed by atoms with Gasteiger partial charge in [-0.05, 0) is 30.2 Å². The Morgan fingerprint density at radius 2 is 2.00 bits per heavy atom. The second-order valence-corrected chi connectivity index (χ2v) is 7.52. The highest BCUT2D eigenvalue weighted by Gasteiger charge is 2.17. The molecule has 1 atom stereocenters. The molecular formula is C21H22N2O5S. The Morgan fingerprint density at radius 1 is 1.24 bits per heavy atom.